The molecule has 4 rings (SSSR count). The molecule has 1 N–H and O–H groups in total. The Bertz CT molecular complexity index is 1090. The molecule has 2 aromatic heterocycles. The molecule has 1 fully saturated rings. The number of fused-ring (bicyclic) bond motifs is 1. The molecule has 1 saturated carbocycles. The molecule has 1 atom stereocenters. The third-order valence-corrected chi connectivity index (χ3v) is 6.30. The average molecular weight is 425 g/mol. The molecule has 31 heavy (non-hydrogen) atoms. The number of nitrogens with zero attached hydrogens (tertiary/aromatic N) is 5. The SMILES string of the molecule is COc1ccc2[nH]c(=O)c(C(c3nnnn3C3CCCC3)N(C(C)C)C(C)C)cc2c1. The predicted molar refractivity (Wildman–Crippen MR) is 120 cm³/mol. The van der Waals surface area contributed by atoms with E-state index in [2.05, 4.69) is 53.1 Å². The lowest BCUT2D eigenvalue weighted by Crippen LogP contribution is -2.43. The quantitative estimate of drug-likeness (QED) is 0.620. The van der Waals surface area contributed by atoms with Gasteiger partial charge in [-0.3, -0.25) is 9.69 Å². The highest BCUT2D eigenvalue weighted by molar-refractivity contribution is 5.80. The Labute approximate surface area is 182 Å². The summed E-state index contributed by atoms with van der Waals surface area (Å²) < 4.78 is 7.36. The topological polar surface area (TPSA) is 88.9 Å². The van der Waals surface area contributed by atoms with Crippen LogP contribution in [-0.2, 0) is 0 Å². The second-order valence-electron chi connectivity index (χ2n) is 8.96. The summed E-state index contributed by atoms with van der Waals surface area (Å²) in [6.07, 6.45) is 4.50. The number of pyridine rings is 1. The van der Waals surface area contributed by atoms with Crippen LogP contribution in [0, 0.1) is 0 Å². The van der Waals surface area contributed by atoms with Crippen LogP contribution in [0.15, 0.2) is 29.1 Å². The average Bonchev–Trinajstić information content (AvgIpc) is 3.42. The number of methoxy groups -OCH3 is 1. The molecular weight excluding hydrogens is 392 g/mol. The van der Waals surface area contributed by atoms with Crippen LogP contribution in [0.1, 0.15) is 76.8 Å². The molecule has 8 heteroatoms. The van der Waals surface area contributed by atoms with Crippen molar-refractivity contribution in [3.63, 3.8) is 0 Å². The molecule has 0 radical (unpaired) electrons. The van der Waals surface area contributed by atoms with E-state index >= 15 is 0 Å². The smallest absolute Gasteiger partial charge is 0.253 e. The summed E-state index contributed by atoms with van der Waals surface area (Å²) >= 11 is 0. The van der Waals surface area contributed by atoms with Crippen molar-refractivity contribution in [2.45, 2.75) is 77.5 Å². The third-order valence-electron chi connectivity index (χ3n) is 6.30. The van der Waals surface area contributed by atoms with Gasteiger partial charge < -0.3 is 9.72 Å². The Morgan fingerprint density at radius 2 is 1.84 bits per heavy atom. The molecule has 0 amide bonds. The number of ether oxygens (including phenoxy) is 1. The first kappa shape index (κ1) is 21.5. The second kappa shape index (κ2) is 8.78. The van der Waals surface area contributed by atoms with Gasteiger partial charge >= 0.3 is 0 Å². The number of hydrogen-bond acceptors (Lipinski definition) is 6. The van der Waals surface area contributed by atoms with E-state index < -0.39 is 0 Å². The van der Waals surface area contributed by atoms with Crippen LogP contribution in [0.5, 0.6) is 5.75 Å². The van der Waals surface area contributed by atoms with E-state index in [0.29, 0.717) is 5.56 Å². The van der Waals surface area contributed by atoms with Gasteiger partial charge in [0.25, 0.3) is 5.56 Å². The standard InChI is InChI=1S/C23H32N6O2/c1-14(2)28(15(3)4)21(22-25-26-27-29(22)17-8-6-7-9-17)19-13-16-12-18(31-5)10-11-20(16)24-23(19)30/h10-15,17,21H,6-9H2,1-5H3,(H,24,30). The lowest BCUT2D eigenvalue weighted by Gasteiger charge is -2.37. The first-order valence-corrected chi connectivity index (χ1v) is 11.2. The minimum absolute atomic E-state index is 0.116. The zero-order valence-electron chi connectivity index (χ0n) is 19.0. The van der Waals surface area contributed by atoms with Crippen molar-refractivity contribution < 1.29 is 4.74 Å². The number of hydrogen-bond donors (Lipinski definition) is 1. The molecule has 3 aromatic rings. The zero-order chi connectivity index (χ0) is 22.1. The van der Waals surface area contributed by atoms with Crippen molar-refractivity contribution in [1.29, 1.82) is 0 Å². The van der Waals surface area contributed by atoms with Gasteiger partial charge in [-0.1, -0.05) is 12.8 Å². The van der Waals surface area contributed by atoms with E-state index in [1.54, 1.807) is 7.11 Å². The van der Waals surface area contributed by atoms with Crippen molar-refractivity contribution >= 4 is 10.9 Å². The third kappa shape index (κ3) is 4.08. The summed E-state index contributed by atoms with van der Waals surface area (Å²) in [6, 6.07) is 7.96. The van der Waals surface area contributed by atoms with Gasteiger partial charge in [0.2, 0.25) is 0 Å². The van der Waals surface area contributed by atoms with Gasteiger partial charge in [-0.15, -0.1) is 5.10 Å². The molecule has 1 unspecified atom stereocenters. The van der Waals surface area contributed by atoms with Gasteiger partial charge in [0, 0.05) is 28.6 Å². The van der Waals surface area contributed by atoms with E-state index in [1.807, 2.05) is 28.9 Å². The lowest BCUT2D eigenvalue weighted by atomic mass is 10.00. The van der Waals surface area contributed by atoms with Crippen molar-refractivity contribution in [1.82, 2.24) is 30.1 Å². The summed E-state index contributed by atoms with van der Waals surface area (Å²) in [5.41, 5.74) is 1.32. The van der Waals surface area contributed by atoms with Gasteiger partial charge in [0.15, 0.2) is 5.82 Å². The van der Waals surface area contributed by atoms with Gasteiger partial charge in [0.05, 0.1) is 13.2 Å². The Morgan fingerprint density at radius 1 is 1.13 bits per heavy atom. The number of H-pyrrole nitrogens is 1. The molecule has 0 bridgehead atoms. The van der Waals surface area contributed by atoms with E-state index in [1.165, 1.54) is 12.8 Å². The molecule has 1 aliphatic rings. The fraction of sp³-hybridized carbons (Fsp3) is 0.565. The first-order chi connectivity index (χ1) is 14.9. The summed E-state index contributed by atoms with van der Waals surface area (Å²) in [4.78, 5) is 18.7. The maximum absolute atomic E-state index is 13.3. The number of tetrazole rings is 1. The van der Waals surface area contributed by atoms with E-state index in [0.717, 1.165) is 35.3 Å². The highest BCUT2D eigenvalue weighted by Crippen LogP contribution is 2.35. The second-order valence-corrected chi connectivity index (χ2v) is 8.96. The van der Waals surface area contributed by atoms with Crippen LogP contribution < -0.4 is 10.3 Å². The fourth-order valence-corrected chi connectivity index (χ4v) is 4.95. The molecule has 0 spiro atoms. The first-order valence-electron chi connectivity index (χ1n) is 11.2. The van der Waals surface area contributed by atoms with Crippen LogP contribution in [0.25, 0.3) is 10.9 Å². The van der Waals surface area contributed by atoms with Gasteiger partial charge in [0.1, 0.15) is 11.8 Å². The Kier molecular flexibility index (Phi) is 6.09. The van der Waals surface area contributed by atoms with Gasteiger partial charge in [-0.2, -0.15) is 0 Å². The summed E-state index contributed by atoms with van der Waals surface area (Å²) in [5, 5.41) is 13.8. The van der Waals surface area contributed by atoms with Crippen molar-refractivity contribution in [3.05, 3.63) is 46.0 Å². The van der Waals surface area contributed by atoms with E-state index in [-0.39, 0.29) is 29.7 Å². The zero-order valence-corrected chi connectivity index (χ0v) is 19.0. The minimum atomic E-state index is -0.352. The van der Waals surface area contributed by atoms with Crippen LogP contribution in [0.2, 0.25) is 0 Å². The molecule has 2 heterocycles. The predicted octanol–water partition coefficient (Wildman–Crippen LogP) is 3.85. The number of rotatable bonds is 7. The molecule has 0 saturated heterocycles. The van der Waals surface area contributed by atoms with Crippen LogP contribution in [-0.4, -0.2) is 49.3 Å². The summed E-state index contributed by atoms with van der Waals surface area (Å²) in [5.74, 6) is 1.49. The van der Waals surface area contributed by atoms with Crippen molar-refractivity contribution in [2.75, 3.05) is 7.11 Å². The van der Waals surface area contributed by atoms with Crippen molar-refractivity contribution in [3.8, 4) is 5.75 Å². The molecule has 166 valence electrons. The molecular formula is C23H32N6O2. The van der Waals surface area contributed by atoms with E-state index in [9.17, 15) is 4.79 Å². The highest BCUT2D eigenvalue weighted by atomic mass is 16.5. The molecule has 8 nitrogen and oxygen atoms in total. The van der Waals surface area contributed by atoms with Crippen LogP contribution in [0.3, 0.4) is 0 Å². The highest BCUT2D eigenvalue weighted by Gasteiger charge is 2.35. The monoisotopic (exact) mass is 424 g/mol. The molecule has 0 aliphatic heterocycles. The Balaban J connectivity index is 1.92. The number of nitrogens with one attached hydrogen (secondary N) is 1. The Hall–Kier alpha value is -2.74. The number of benzene rings is 1. The molecule has 1 aromatic carbocycles. The van der Waals surface area contributed by atoms with Gasteiger partial charge in [-0.25, -0.2) is 4.68 Å². The van der Waals surface area contributed by atoms with Gasteiger partial charge in [-0.05, 0) is 75.2 Å². The summed E-state index contributed by atoms with van der Waals surface area (Å²) in [6.45, 7) is 8.59. The maximum Gasteiger partial charge on any atom is 0.253 e. The molecule has 1 aliphatic carbocycles. The summed E-state index contributed by atoms with van der Waals surface area (Å²) in [7, 11) is 1.64. The number of aromatic nitrogens is 5. The van der Waals surface area contributed by atoms with Crippen LogP contribution in [0.4, 0.5) is 0 Å². The van der Waals surface area contributed by atoms with Crippen LogP contribution >= 0.6 is 0 Å². The van der Waals surface area contributed by atoms with E-state index in [4.69, 9.17) is 4.74 Å². The Morgan fingerprint density at radius 3 is 2.48 bits per heavy atom. The lowest BCUT2D eigenvalue weighted by molar-refractivity contribution is 0.124. The number of aromatic amines is 1. The minimum Gasteiger partial charge on any atom is -0.497 e. The van der Waals surface area contributed by atoms with Crippen molar-refractivity contribution in [2.24, 2.45) is 0 Å². The largest absolute Gasteiger partial charge is 0.497 e. The fourth-order valence-electron chi connectivity index (χ4n) is 4.95. The normalized spacial score (nSPS) is 16.1. The maximum atomic E-state index is 13.3.